The lowest BCUT2D eigenvalue weighted by molar-refractivity contribution is -0.147. The van der Waals surface area contributed by atoms with Crippen LogP contribution in [0.4, 0.5) is 0 Å². The van der Waals surface area contributed by atoms with Crippen molar-refractivity contribution in [3.05, 3.63) is 95.6 Å². The van der Waals surface area contributed by atoms with Gasteiger partial charge in [0.15, 0.2) is 0 Å². The molecule has 8 heteroatoms. The Hall–Kier alpha value is -2.81. The summed E-state index contributed by atoms with van der Waals surface area (Å²) < 4.78 is 47.7. The largest absolute Gasteiger partial charge is 0.458 e. The van der Waals surface area contributed by atoms with Crippen LogP contribution in [0.3, 0.4) is 0 Å². The standard InChI is InChI=1S/C26H29NO5S2/c1-19-9-13-24(14-10-19)33(29)18-23(27-34(30,31)25-15-11-20(2)12-16-25)17-26(32-21(3)28)22-7-5-4-6-8-22/h4-16,23,26-27H,17-18H2,1-3H3/t23-,26-,33?/m1/s1. The van der Waals surface area contributed by atoms with E-state index >= 15 is 0 Å². The molecule has 0 saturated heterocycles. The molecule has 0 bridgehead atoms. The number of hydrogen-bond donors (Lipinski definition) is 1. The van der Waals surface area contributed by atoms with Crippen LogP contribution in [0.15, 0.2) is 88.7 Å². The van der Waals surface area contributed by atoms with Crippen LogP contribution >= 0.6 is 0 Å². The topological polar surface area (TPSA) is 89.5 Å². The minimum absolute atomic E-state index is 0.0265. The monoisotopic (exact) mass is 499 g/mol. The SMILES string of the molecule is CC(=O)O[C@H](C[C@H](CS(=O)c1ccc(C)cc1)NS(=O)(=O)c1ccc(C)cc1)c1ccccc1. The molecule has 3 aromatic carbocycles. The molecule has 0 radical (unpaired) electrons. The van der Waals surface area contributed by atoms with Gasteiger partial charge in [0, 0.05) is 30.0 Å². The highest BCUT2D eigenvalue weighted by Crippen LogP contribution is 2.25. The van der Waals surface area contributed by atoms with Gasteiger partial charge in [0.05, 0.1) is 15.7 Å². The number of rotatable bonds is 10. The molecule has 0 aliphatic heterocycles. The second kappa shape index (κ2) is 11.6. The first kappa shape index (κ1) is 25.8. The van der Waals surface area contributed by atoms with Crippen LogP contribution < -0.4 is 4.72 Å². The van der Waals surface area contributed by atoms with Gasteiger partial charge in [-0.3, -0.25) is 9.00 Å². The van der Waals surface area contributed by atoms with Gasteiger partial charge in [-0.1, -0.05) is 65.7 Å². The lowest BCUT2D eigenvalue weighted by Gasteiger charge is -2.24. The molecular formula is C26H29NO5S2. The van der Waals surface area contributed by atoms with Crippen LogP contribution in [0, 0.1) is 13.8 Å². The summed E-state index contributed by atoms with van der Waals surface area (Å²) in [6, 6.07) is 22.2. The molecule has 180 valence electrons. The maximum atomic E-state index is 13.1. The van der Waals surface area contributed by atoms with Crippen molar-refractivity contribution in [3.8, 4) is 0 Å². The summed E-state index contributed by atoms with van der Waals surface area (Å²) >= 11 is 0. The number of benzene rings is 3. The van der Waals surface area contributed by atoms with E-state index in [1.165, 1.54) is 19.1 Å². The van der Waals surface area contributed by atoms with Crippen molar-refractivity contribution in [1.82, 2.24) is 4.72 Å². The average molecular weight is 500 g/mol. The minimum atomic E-state index is -3.89. The zero-order valence-electron chi connectivity index (χ0n) is 19.4. The third-order valence-corrected chi connectivity index (χ3v) is 8.31. The summed E-state index contributed by atoms with van der Waals surface area (Å²) in [6.45, 7) is 5.13. The molecule has 0 saturated carbocycles. The Morgan fingerprint density at radius 1 is 0.912 bits per heavy atom. The van der Waals surface area contributed by atoms with Crippen molar-refractivity contribution in [2.45, 2.75) is 49.1 Å². The van der Waals surface area contributed by atoms with Gasteiger partial charge >= 0.3 is 5.97 Å². The first-order valence-corrected chi connectivity index (χ1v) is 13.7. The third-order valence-electron chi connectivity index (χ3n) is 5.27. The third kappa shape index (κ3) is 7.35. The van der Waals surface area contributed by atoms with Gasteiger partial charge in [0.25, 0.3) is 0 Å². The molecule has 0 aliphatic carbocycles. The molecule has 34 heavy (non-hydrogen) atoms. The van der Waals surface area contributed by atoms with E-state index in [1.807, 2.05) is 56.3 Å². The predicted molar refractivity (Wildman–Crippen MR) is 133 cm³/mol. The van der Waals surface area contributed by atoms with E-state index in [0.29, 0.717) is 4.90 Å². The second-order valence-corrected chi connectivity index (χ2v) is 11.4. The predicted octanol–water partition coefficient (Wildman–Crippen LogP) is 4.45. The Bertz CT molecular complexity index is 1220. The van der Waals surface area contributed by atoms with E-state index < -0.39 is 38.9 Å². The quantitative estimate of drug-likeness (QED) is 0.416. The number of aryl methyl sites for hydroxylation is 2. The van der Waals surface area contributed by atoms with E-state index in [0.717, 1.165) is 16.7 Å². The summed E-state index contributed by atoms with van der Waals surface area (Å²) in [5.74, 6) is -0.452. The van der Waals surface area contributed by atoms with Gasteiger partial charge in [-0.05, 0) is 43.7 Å². The van der Waals surface area contributed by atoms with Crippen molar-refractivity contribution in [3.63, 3.8) is 0 Å². The van der Waals surface area contributed by atoms with Crippen LogP contribution in [0.2, 0.25) is 0 Å². The zero-order valence-corrected chi connectivity index (χ0v) is 21.1. The summed E-state index contributed by atoms with van der Waals surface area (Å²) in [6.07, 6.45) is -0.564. The van der Waals surface area contributed by atoms with Gasteiger partial charge in [-0.2, -0.15) is 0 Å². The van der Waals surface area contributed by atoms with Gasteiger partial charge < -0.3 is 4.74 Å². The molecule has 0 amide bonds. The molecule has 3 atom stereocenters. The molecule has 0 fully saturated rings. The molecule has 6 nitrogen and oxygen atoms in total. The Balaban J connectivity index is 1.91. The Kier molecular flexibility index (Phi) is 8.77. The number of ether oxygens (including phenoxy) is 1. The van der Waals surface area contributed by atoms with Crippen LogP contribution in [0.25, 0.3) is 0 Å². The summed E-state index contributed by atoms with van der Waals surface area (Å²) in [5, 5.41) is 0. The maximum absolute atomic E-state index is 13.1. The first-order chi connectivity index (χ1) is 16.1. The average Bonchev–Trinajstić information content (AvgIpc) is 2.79. The van der Waals surface area contributed by atoms with E-state index in [2.05, 4.69) is 4.72 Å². The Morgan fingerprint density at radius 3 is 2.03 bits per heavy atom. The van der Waals surface area contributed by atoms with Crippen molar-refractivity contribution in [2.75, 3.05) is 5.75 Å². The van der Waals surface area contributed by atoms with Crippen molar-refractivity contribution in [2.24, 2.45) is 0 Å². The fourth-order valence-corrected chi connectivity index (χ4v) is 6.07. The van der Waals surface area contributed by atoms with Crippen LogP contribution in [0.5, 0.6) is 0 Å². The fraction of sp³-hybridized carbons (Fsp3) is 0.269. The summed E-state index contributed by atoms with van der Waals surface area (Å²) in [7, 11) is -5.36. The van der Waals surface area contributed by atoms with Gasteiger partial charge in [0.1, 0.15) is 6.10 Å². The highest BCUT2D eigenvalue weighted by Gasteiger charge is 2.27. The molecule has 1 unspecified atom stereocenters. The van der Waals surface area contributed by atoms with Crippen LogP contribution in [-0.2, 0) is 30.4 Å². The first-order valence-electron chi connectivity index (χ1n) is 10.9. The Labute approximate surface area is 203 Å². The van der Waals surface area contributed by atoms with Gasteiger partial charge in [0.2, 0.25) is 10.0 Å². The molecule has 3 aromatic rings. The zero-order chi connectivity index (χ0) is 24.7. The van der Waals surface area contributed by atoms with Gasteiger partial charge in [-0.25, -0.2) is 13.1 Å². The normalized spacial score (nSPS) is 14.2. The lowest BCUT2D eigenvalue weighted by Crippen LogP contribution is -2.40. The molecular weight excluding hydrogens is 470 g/mol. The van der Waals surface area contributed by atoms with Crippen molar-refractivity contribution < 1.29 is 22.2 Å². The van der Waals surface area contributed by atoms with E-state index in [4.69, 9.17) is 4.74 Å². The number of carbonyl (C=O) groups excluding carboxylic acids is 1. The molecule has 0 spiro atoms. The highest BCUT2D eigenvalue weighted by atomic mass is 32.2. The molecule has 3 rings (SSSR count). The Morgan fingerprint density at radius 2 is 1.47 bits per heavy atom. The molecule has 0 aliphatic rings. The number of hydrogen-bond acceptors (Lipinski definition) is 5. The molecule has 0 aromatic heterocycles. The summed E-state index contributed by atoms with van der Waals surface area (Å²) in [4.78, 5) is 12.5. The van der Waals surface area contributed by atoms with Crippen LogP contribution in [-0.4, -0.2) is 30.4 Å². The number of nitrogens with one attached hydrogen (secondary N) is 1. The molecule has 0 heterocycles. The second-order valence-electron chi connectivity index (χ2n) is 8.20. The lowest BCUT2D eigenvalue weighted by atomic mass is 10.0. The molecule has 1 N–H and O–H groups in total. The number of carbonyl (C=O) groups is 1. The minimum Gasteiger partial charge on any atom is -0.458 e. The van der Waals surface area contributed by atoms with Crippen molar-refractivity contribution in [1.29, 1.82) is 0 Å². The number of esters is 1. The maximum Gasteiger partial charge on any atom is 0.303 e. The van der Waals surface area contributed by atoms with E-state index in [1.54, 1.807) is 24.3 Å². The number of sulfonamides is 1. The van der Waals surface area contributed by atoms with E-state index in [-0.39, 0.29) is 17.1 Å². The van der Waals surface area contributed by atoms with Crippen LogP contribution in [0.1, 0.15) is 36.1 Å². The summed E-state index contributed by atoms with van der Waals surface area (Å²) in [5.41, 5.74) is 2.71. The van der Waals surface area contributed by atoms with E-state index in [9.17, 15) is 17.4 Å². The van der Waals surface area contributed by atoms with Gasteiger partial charge in [-0.15, -0.1) is 0 Å². The fourth-order valence-electron chi connectivity index (χ4n) is 3.50. The van der Waals surface area contributed by atoms with Crippen molar-refractivity contribution >= 4 is 26.8 Å². The smallest absolute Gasteiger partial charge is 0.303 e. The highest BCUT2D eigenvalue weighted by molar-refractivity contribution is 7.89.